The molecule has 2 rings (SSSR count). The van der Waals surface area contributed by atoms with Gasteiger partial charge in [-0.1, -0.05) is 12.8 Å². The first-order valence-electron chi connectivity index (χ1n) is 5.12. The first-order valence-corrected chi connectivity index (χ1v) is 5.52. The summed E-state index contributed by atoms with van der Waals surface area (Å²) in [6.45, 7) is 6.34. The van der Waals surface area contributed by atoms with Gasteiger partial charge in [-0.05, 0) is 12.8 Å². The molecule has 2 fully saturated rings. The predicted molar refractivity (Wildman–Crippen MR) is 56.0 cm³/mol. The smallest absolute Gasteiger partial charge is 0.0594 e. The van der Waals surface area contributed by atoms with Crippen molar-refractivity contribution >= 4 is 12.8 Å². The molecule has 0 aliphatic carbocycles. The second-order valence-electron chi connectivity index (χ2n) is 3.83. The van der Waals surface area contributed by atoms with Crippen molar-refractivity contribution in [1.29, 1.82) is 0 Å². The highest BCUT2D eigenvalue weighted by Gasteiger charge is 2.24. The predicted octanol–water partition coefficient (Wildman–Crippen LogP) is 0.628. The van der Waals surface area contributed by atoms with Gasteiger partial charge < -0.3 is 4.74 Å². The maximum atomic E-state index is 5.34. The maximum Gasteiger partial charge on any atom is 0.0594 e. The van der Waals surface area contributed by atoms with E-state index in [-0.39, 0.29) is 0 Å². The molecule has 3 nitrogen and oxygen atoms in total. The molecule has 4 heteroatoms. The van der Waals surface area contributed by atoms with E-state index in [9.17, 15) is 0 Å². The molecular weight excluding hydrogens is 184 g/mol. The second kappa shape index (κ2) is 4.64. The lowest BCUT2D eigenvalue weighted by atomic mass is 10.0. The Bertz CT molecular complexity index is 154. The Morgan fingerprint density at radius 3 is 2.23 bits per heavy atom. The molecule has 0 spiro atoms. The summed E-state index contributed by atoms with van der Waals surface area (Å²) in [6.07, 6.45) is 2.53. The van der Waals surface area contributed by atoms with Crippen LogP contribution in [0, 0.1) is 0 Å². The van der Waals surface area contributed by atoms with Gasteiger partial charge in [0.25, 0.3) is 0 Å². The number of nitrogens with zero attached hydrogens (tertiary/aromatic N) is 2. The number of piperidine rings is 1. The van der Waals surface area contributed by atoms with Crippen LogP contribution in [0.1, 0.15) is 12.8 Å². The lowest BCUT2D eigenvalue weighted by Crippen LogP contribution is -2.47. The molecule has 2 heterocycles. The van der Waals surface area contributed by atoms with Gasteiger partial charge in [0, 0.05) is 32.2 Å². The Hall–Kier alpha value is 0.230. The highest BCUT2D eigenvalue weighted by Crippen LogP contribution is 2.18. The number of rotatable bonds is 1. The van der Waals surface area contributed by atoms with Gasteiger partial charge in [-0.2, -0.15) is 0 Å². The van der Waals surface area contributed by atoms with Gasteiger partial charge in [0.05, 0.1) is 13.2 Å². The SMILES string of the molecule is SN1CCC(N2CCOCC2)CC1. The summed E-state index contributed by atoms with van der Waals surface area (Å²) in [4.78, 5) is 2.57. The molecule has 0 aromatic heterocycles. The summed E-state index contributed by atoms with van der Waals surface area (Å²) in [6, 6.07) is 0.785. The number of morpholine rings is 1. The zero-order valence-electron chi connectivity index (χ0n) is 7.98. The van der Waals surface area contributed by atoms with Crippen molar-refractivity contribution in [3.05, 3.63) is 0 Å². The van der Waals surface area contributed by atoms with E-state index in [4.69, 9.17) is 4.74 Å². The Morgan fingerprint density at radius 1 is 1.00 bits per heavy atom. The standard InChI is InChI=1S/C9H18N2OS/c13-11-3-1-9(2-4-11)10-5-7-12-8-6-10/h9,13H,1-8H2. The van der Waals surface area contributed by atoms with Crippen molar-refractivity contribution in [3.63, 3.8) is 0 Å². The van der Waals surface area contributed by atoms with Crippen molar-refractivity contribution in [3.8, 4) is 0 Å². The minimum atomic E-state index is 0.785. The first kappa shape index (κ1) is 9.77. The molecule has 0 saturated carbocycles. The summed E-state index contributed by atoms with van der Waals surface area (Å²) in [5.74, 6) is 0. The van der Waals surface area contributed by atoms with Crippen LogP contribution in [-0.2, 0) is 4.74 Å². The van der Waals surface area contributed by atoms with E-state index in [0.717, 1.165) is 45.4 Å². The van der Waals surface area contributed by atoms with Crippen LogP contribution in [0.15, 0.2) is 0 Å². The Morgan fingerprint density at radius 2 is 1.62 bits per heavy atom. The summed E-state index contributed by atoms with van der Waals surface area (Å²) < 4.78 is 7.47. The van der Waals surface area contributed by atoms with Crippen molar-refractivity contribution in [1.82, 2.24) is 9.21 Å². The number of ether oxygens (including phenoxy) is 1. The number of hydrogen-bond donors (Lipinski definition) is 1. The van der Waals surface area contributed by atoms with E-state index in [0.29, 0.717) is 0 Å². The van der Waals surface area contributed by atoms with Crippen molar-refractivity contribution in [2.24, 2.45) is 0 Å². The lowest BCUT2D eigenvalue weighted by molar-refractivity contribution is 0.00668. The fraction of sp³-hybridized carbons (Fsp3) is 1.00. The molecule has 13 heavy (non-hydrogen) atoms. The average Bonchev–Trinajstić information content (AvgIpc) is 2.20. The van der Waals surface area contributed by atoms with Crippen LogP contribution in [0.5, 0.6) is 0 Å². The average molecular weight is 202 g/mol. The second-order valence-corrected chi connectivity index (χ2v) is 4.40. The zero-order valence-corrected chi connectivity index (χ0v) is 8.88. The molecule has 0 atom stereocenters. The van der Waals surface area contributed by atoms with Gasteiger partial charge in [0.1, 0.15) is 0 Å². The van der Waals surface area contributed by atoms with Gasteiger partial charge in [-0.25, -0.2) is 0 Å². The number of hydrogen-bond acceptors (Lipinski definition) is 4. The molecule has 2 saturated heterocycles. The molecule has 0 N–H and O–H groups in total. The van der Waals surface area contributed by atoms with Gasteiger partial charge in [-0.3, -0.25) is 9.21 Å². The van der Waals surface area contributed by atoms with Crippen LogP contribution in [-0.4, -0.2) is 54.6 Å². The van der Waals surface area contributed by atoms with Crippen molar-refractivity contribution in [2.45, 2.75) is 18.9 Å². The van der Waals surface area contributed by atoms with E-state index >= 15 is 0 Å². The molecule has 0 bridgehead atoms. The zero-order chi connectivity index (χ0) is 9.10. The molecule has 0 aromatic carbocycles. The van der Waals surface area contributed by atoms with Crippen LogP contribution < -0.4 is 0 Å². The lowest BCUT2D eigenvalue weighted by Gasteiger charge is -2.38. The van der Waals surface area contributed by atoms with Crippen LogP contribution in [0.4, 0.5) is 0 Å². The monoisotopic (exact) mass is 202 g/mol. The quantitative estimate of drug-likeness (QED) is 0.628. The molecule has 2 aliphatic rings. The molecule has 0 aromatic rings. The Labute approximate surface area is 85.6 Å². The van der Waals surface area contributed by atoms with Crippen LogP contribution >= 0.6 is 12.8 Å². The highest BCUT2D eigenvalue weighted by atomic mass is 32.1. The van der Waals surface area contributed by atoms with E-state index in [1.54, 1.807) is 0 Å². The normalized spacial score (nSPS) is 29.3. The topological polar surface area (TPSA) is 15.7 Å². The molecule has 76 valence electrons. The van der Waals surface area contributed by atoms with Crippen LogP contribution in [0.25, 0.3) is 0 Å². The molecule has 2 aliphatic heterocycles. The maximum absolute atomic E-state index is 5.34. The highest BCUT2D eigenvalue weighted by molar-refractivity contribution is 7.77. The van der Waals surface area contributed by atoms with Crippen molar-refractivity contribution < 1.29 is 4.74 Å². The Kier molecular flexibility index (Phi) is 3.49. The molecular formula is C9H18N2OS. The van der Waals surface area contributed by atoms with Crippen LogP contribution in [0.2, 0.25) is 0 Å². The largest absolute Gasteiger partial charge is 0.379 e. The van der Waals surface area contributed by atoms with E-state index < -0.39 is 0 Å². The van der Waals surface area contributed by atoms with Crippen molar-refractivity contribution in [2.75, 3.05) is 39.4 Å². The van der Waals surface area contributed by atoms with E-state index in [1.807, 2.05) is 0 Å². The van der Waals surface area contributed by atoms with Crippen LogP contribution in [0.3, 0.4) is 0 Å². The van der Waals surface area contributed by atoms with Gasteiger partial charge >= 0.3 is 0 Å². The summed E-state index contributed by atoms with van der Waals surface area (Å²) in [7, 11) is 0. The third-order valence-electron chi connectivity index (χ3n) is 3.00. The fourth-order valence-electron chi connectivity index (χ4n) is 2.16. The third-order valence-corrected chi connectivity index (χ3v) is 3.40. The first-order chi connectivity index (χ1) is 6.36. The Balaban J connectivity index is 1.79. The molecule has 0 amide bonds. The van der Waals surface area contributed by atoms with E-state index in [2.05, 4.69) is 22.0 Å². The third kappa shape index (κ3) is 2.59. The van der Waals surface area contributed by atoms with Gasteiger partial charge in [0.15, 0.2) is 0 Å². The fourth-order valence-corrected chi connectivity index (χ4v) is 2.39. The minimum Gasteiger partial charge on any atom is -0.379 e. The van der Waals surface area contributed by atoms with Gasteiger partial charge in [-0.15, -0.1) is 0 Å². The van der Waals surface area contributed by atoms with E-state index in [1.165, 1.54) is 12.8 Å². The molecule has 0 radical (unpaired) electrons. The molecule has 0 unspecified atom stereocenters. The summed E-state index contributed by atoms with van der Waals surface area (Å²) in [5.41, 5.74) is 0. The van der Waals surface area contributed by atoms with Gasteiger partial charge in [0.2, 0.25) is 0 Å². The summed E-state index contributed by atoms with van der Waals surface area (Å²) >= 11 is 4.36. The number of thiol groups is 1. The summed E-state index contributed by atoms with van der Waals surface area (Å²) in [5, 5.41) is 0. The minimum absolute atomic E-state index is 0.785.